The second-order valence-corrected chi connectivity index (χ2v) is 6.72. The van der Waals surface area contributed by atoms with Crippen molar-refractivity contribution < 1.29 is 9.53 Å². The minimum atomic E-state index is -0.415. The molecule has 1 fully saturated rings. The fourth-order valence-corrected chi connectivity index (χ4v) is 3.25. The predicted octanol–water partition coefficient (Wildman–Crippen LogP) is 4.62. The Bertz CT molecular complexity index is 858. The molecular weight excluding hydrogens is 350 g/mol. The van der Waals surface area contributed by atoms with Crippen LogP contribution in [0.15, 0.2) is 54.1 Å². The first-order valence-corrected chi connectivity index (χ1v) is 9.70. The summed E-state index contributed by atoms with van der Waals surface area (Å²) >= 11 is 0. The van der Waals surface area contributed by atoms with Crippen LogP contribution in [0, 0.1) is 11.3 Å². The zero-order valence-corrected chi connectivity index (χ0v) is 16.1. The first-order chi connectivity index (χ1) is 13.7. The molecular formula is C23H25N3O2. The minimum Gasteiger partial charge on any atom is -0.494 e. The van der Waals surface area contributed by atoms with Crippen LogP contribution in [0.3, 0.4) is 0 Å². The molecule has 3 rings (SSSR count). The van der Waals surface area contributed by atoms with Crippen LogP contribution < -0.4 is 15.0 Å². The van der Waals surface area contributed by atoms with Gasteiger partial charge in [0, 0.05) is 24.5 Å². The molecule has 2 aromatic rings. The van der Waals surface area contributed by atoms with Crippen LogP contribution >= 0.6 is 0 Å². The van der Waals surface area contributed by atoms with E-state index in [0.717, 1.165) is 24.4 Å². The number of anilines is 2. The van der Waals surface area contributed by atoms with Gasteiger partial charge in [-0.15, -0.1) is 0 Å². The molecule has 144 valence electrons. The maximum absolute atomic E-state index is 12.5. The first kappa shape index (κ1) is 19.5. The number of ether oxygens (including phenoxy) is 1. The summed E-state index contributed by atoms with van der Waals surface area (Å²) in [5.74, 6) is 0.346. The highest BCUT2D eigenvalue weighted by molar-refractivity contribution is 6.09. The molecule has 5 nitrogen and oxygen atoms in total. The van der Waals surface area contributed by atoms with Gasteiger partial charge in [-0.1, -0.05) is 12.1 Å². The zero-order valence-electron chi connectivity index (χ0n) is 16.1. The first-order valence-electron chi connectivity index (χ1n) is 9.70. The van der Waals surface area contributed by atoms with Gasteiger partial charge in [0.25, 0.3) is 5.91 Å². The number of benzene rings is 2. The number of nitrogens with zero attached hydrogens (tertiary/aromatic N) is 2. The van der Waals surface area contributed by atoms with E-state index in [0.29, 0.717) is 12.3 Å². The van der Waals surface area contributed by atoms with E-state index in [1.54, 1.807) is 6.08 Å². The number of nitriles is 1. The number of carbonyl (C=O) groups is 1. The quantitative estimate of drug-likeness (QED) is 0.591. The molecule has 0 aliphatic carbocycles. The van der Waals surface area contributed by atoms with Crippen LogP contribution in [0.4, 0.5) is 11.4 Å². The summed E-state index contributed by atoms with van der Waals surface area (Å²) in [6, 6.07) is 17.1. The lowest BCUT2D eigenvalue weighted by Gasteiger charge is -2.28. The van der Waals surface area contributed by atoms with Gasteiger partial charge in [0.05, 0.1) is 6.61 Å². The molecule has 2 aromatic carbocycles. The Morgan fingerprint density at radius 3 is 2.39 bits per heavy atom. The summed E-state index contributed by atoms with van der Waals surface area (Å²) in [7, 11) is 0. The van der Waals surface area contributed by atoms with Gasteiger partial charge in [-0.3, -0.25) is 4.79 Å². The maximum atomic E-state index is 12.5. The number of piperidine rings is 1. The molecule has 28 heavy (non-hydrogen) atoms. The SMILES string of the molecule is CCOc1ccc(/C=C(\C#N)C(=O)Nc2ccc(N3CCCCC3)cc2)cc1. The lowest BCUT2D eigenvalue weighted by Crippen LogP contribution is -2.29. The second-order valence-electron chi connectivity index (χ2n) is 6.72. The van der Waals surface area contributed by atoms with E-state index in [1.165, 1.54) is 24.9 Å². The number of hydrogen-bond acceptors (Lipinski definition) is 4. The Hall–Kier alpha value is -3.26. The lowest BCUT2D eigenvalue weighted by molar-refractivity contribution is -0.112. The van der Waals surface area contributed by atoms with Crippen LogP contribution in [0.1, 0.15) is 31.7 Å². The van der Waals surface area contributed by atoms with Crippen LogP contribution in [-0.2, 0) is 4.79 Å². The highest BCUT2D eigenvalue weighted by atomic mass is 16.5. The van der Waals surface area contributed by atoms with Crippen LogP contribution in [0.2, 0.25) is 0 Å². The summed E-state index contributed by atoms with van der Waals surface area (Å²) in [6.45, 7) is 4.67. The summed E-state index contributed by atoms with van der Waals surface area (Å²) < 4.78 is 5.40. The Labute approximate surface area is 166 Å². The fourth-order valence-electron chi connectivity index (χ4n) is 3.25. The third-order valence-electron chi connectivity index (χ3n) is 4.71. The number of nitrogens with one attached hydrogen (secondary N) is 1. The van der Waals surface area contributed by atoms with Gasteiger partial charge in [0.15, 0.2) is 0 Å². The third-order valence-corrected chi connectivity index (χ3v) is 4.71. The molecule has 0 radical (unpaired) electrons. The van der Waals surface area contributed by atoms with Crippen molar-refractivity contribution in [2.45, 2.75) is 26.2 Å². The van der Waals surface area contributed by atoms with E-state index in [1.807, 2.05) is 61.5 Å². The van der Waals surface area contributed by atoms with Crippen molar-refractivity contribution in [3.63, 3.8) is 0 Å². The van der Waals surface area contributed by atoms with Crippen LogP contribution in [-0.4, -0.2) is 25.6 Å². The monoisotopic (exact) mass is 375 g/mol. The topological polar surface area (TPSA) is 65.4 Å². The van der Waals surface area contributed by atoms with Crippen molar-refractivity contribution in [3.8, 4) is 11.8 Å². The maximum Gasteiger partial charge on any atom is 0.266 e. The number of amides is 1. The van der Waals surface area contributed by atoms with Crippen LogP contribution in [0.25, 0.3) is 6.08 Å². The molecule has 0 aromatic heterocycles. The Morgan fingerprint density at radius 1 is 1.11 bits per heavy atom. The molecule has 1 aliphatic rings. The highest BCUT2D eigenvalue weighted by Crippen LogP contribution is 2.22. The molecule has 0 spiro atoms. The van der Waals surface area contributed by atoms with Crippen molar-refractivity contribution in [2.75, 3.05) is 29.9 Å². The molecule has 1 aliphatic heterocycles. The minimum absolute atomic E-state index is 0.0595. The largest absolute Gasteiger partial charge is 0.494 e. The summed E-state index contributed by atoms with van der Waals surface area (Å²) in [5, 5.41) is 12.2. The molecule has 1 N–H and O–H groups in total. The zero-order chi connectivity index (χ0) is 19.8. The van der Waals surface area contributed by atoms with Gasteiger partial charge < -0.3 is 15.0 Å². The molecule has 0 unspecified atom stereocenters. The average Bonchev–Trinajstić information content (AvgIpc) is 2.74. The van der Waals surface area contributed by atoms with Crippen molar-refractivity contribution >= 4 is 23.4 Å². The standard InChI is InChI=1S/C23H25N3O2/c1-2-28-22-12-6-18(7-13-22)16-19(17-24)23(27)25-20-8-10-21(11-9-20)26-14-4-3-5-15-26/h6-13,16H,2-5,14-15H2,1H3,(H,25,27)/b19-16+. The highest BCUT2D eigenvalue weighted by Gasteiger charge is 2.12. The molecule has 1 amide bonds. The Morgan fingerprint density at radius 2 is 1.79 bits per heavy atom. The van der Waals surface area contributed by atoms with Crippen molar-refractivity contribution in [1.82, 2.24) is 0 Å². The van der Waals surface area contributed by atoms with Gasteiger partial charge in [-0.05, 0) is 74.2 Å². The van der Waals surface area contributed by atoms with Gasteiger partial charge in [-0.2, -0.15) is 5.26 Å². The van der Waals surface area contributed by atoms with Gasteiger partial charge in [-0.25, -0.2) is 0 Å². The predicted molar refractivity (Wildman–Crippen MR) is 112 cm³/mol. The normalized spacial score (nSPS) is 14.3. The molecule has 0 atom stereocenters. The lowest BCUT2D eigenvalue weighted by atomic mass is 10.1. The number of carbonyl (C=O) groups excluding carboxylic acids is 1. The summed E-state index contributed by atoms with van der Waals surface area (Å²) in [6.07, 6.45) is 5.32. The van der Waals surface area contributed by atoms with Crippen molar-refractivity contribution in [3.05, 3.63) is 59.7 Å². The fraction of sp³-hybridized carbons (Fsp3) is 0.304. The summed E-state index contributed by atoms with van der Waals surface area (Å²) in [5.41, 5.74) is 2.68. The number of rotatable bonds is 6. The molecule has 5 heteroatoms. The van der Waals surface area contributed by atoms with E-state index >= 15 is 0 Å². The molecule has 0 saturated carbocycles. The second kappa shape index (κ2) is 9.61. The molecule has 0 bridgehead atoms. The molecule has 1 heterocycles. The van der Waals surface area contributed by atoms with Gasteiger partial charge in [0.1, 0.15) is 17.4 Å². The summed E-state index contributed by atoms with van der Waals surface area (Å²) in [4.78, 5) is 14.8. The van der Waals surface area contributed by atoms with Crippen LogP contribution in [0.5, 0.6) is 5.75 Å². The van der Waals surface area contributed by atoms with E-state index in [4.69, 9.17) is 4.74 Å². The van der Waals surface area contributed by atoms with E-state index in [9.17, 15) is 10.1 Å². The van der Waals surface area contributed by atoms with Crippen molar-refractivity contribution in [1.29, 1.82) is 5.26 Å². The Balaban J connectivity index is 1.65. The van der Waals surface area contributed by atoms with Crippen molar-refractivity contribution in [2.24, 2.45) is 0 Å². The van der Waals surface area contributed by atoms with Gasteiger partial charge in [0.2, 0.25) is 0 Å². The molecule has 1 saturated heterocycles. The smallest absolute Gasteiger partial charge is 0.266 e. The van der Waals surface area contributed by atoms with E-state index in [2.05, 4.69) is 10.2 Å². The third kappa shape index (κ3) is 5.14. The van der Waals surface area contributed by atoms with Gasteiger partial charge >= 0.3 is 0 Å². The Kier molecular flexibility index (Phi) is 6.69. The average molecular weight is 375 g/mol. The van der Waals surface area contributed by atoms with E-state index in [-0.39, 0.29) is 5.57 Å². The van der Waals surface area contributed by atoms with E-state index < -0.39 is 5.91 Å². The number of hydrogen-bond donors (Lipinski definition) is 1.